The number of aromatic nitrogens is 2. The van der Waals surface area contributed by atoms with Gasteiger partial charge in [-0.05, 0) is 44.0 Å². The van der Waals surface area contributed by atoms with Crippen LogP contribution in [-0.4, -0.2) is 17.1 Å². The van der Waals surface area contributed by atoms with Gasteiger partial charge in [0.15, 0.2) is 0 Å². The van der Waals surface area contributed by atoms with E-state index in [4.69, 9.17) is 16.3 Å². The van der Waals surface area contributed by atoms with E-state index in [1.54, 1.807) is 7.11 Å². The van der Waals surface area contributed by atoms with Crippen LogP contribution in [0.5, 0.6) is 5.75 Å². The largest absolute Gasteiger partial charge is 0.497 e. The van der Waals surface area contributed by atoms with E-state index < -0.39 is 0 Å². The summed E-state index contributed by atoms with van der Waals surface area (Å²) in [5.74, 6) is 2.92. The molecule has 4 nitrogen and oxygen atoms in total. The SMILES string of the molecule is COc1ccc(Nc2nc(C3CC3)nc(Cl)c2C)cc1. The Labute approximate surface area is 123 Å². The Bertz CT molecular complexity index is 624. The van der Waals surface area contributed by atoms with Crippen molar-refractivity contribution >= 4 is 23.1 Å². The zero-order chi connectivity index (χ0) is 14.1. The van der Waals surface area contributed by atoms with Crippen LogP contribution in [0.4, 0.5) is 11.5 Å². The minimum absolute atomic E-state index is 0.476. The van der Waals surface area contributed by atoms with Crippen LogP contribution in [0.15, 0.2) is 24.3 Å². The van der Waals surface area contributed by atoms with Gasteiger partial charge in [-0.3, -0.25) is 0 Å². The summed E-state index contributed by atoms with van der Waals surface area (Å²) in [6, 6.07) is 7.71. The molecule has 1 aromatic heterocycles. The first-order chi connectivity index (χ1) is 9.67. The molecule has 1 aliphatic carbocycles. The van der Waals surface area contributed by atoms with Gasteiger partial charge in [-0.15, -0.1) is 0 Å². The Kier molecular flexibility index (Phi) is 3.49. The maximum Gasteiger partial charge on any atom is 0.138 e. The number of methoxy groups -OCH3 is 1. The highest BCUT2D eigenvalue weighted by atomic mass is 35.5. The van der Waals surface area contributed by atoms with E-state index in [0.29, 0.717) is 11.1 Å². The fourth-order valence-corrected chi connectivity index (χ4v) is 2.14. The molecule has 0 atom stereocenters. The molecule has 1 N–H and O–H groups in total. The van der Waals surface area contributed by atoms with E-state index in [1.807, 2.05) is 31.2 Å². The molecule has 5 heteroatoms. The molecule has 0 aliphatic heterocycles. The number of halogens is 1. The van der Waals surface area contributed by atoms with Crippen LogP contribution in [0.25, 0.3) is 0 Å². The van der Waals surface area contributed by atoms with Crippen LogP contribution in [0.2, 0.25) is 5.15 Å². The number of ether oxygens (including phenoxy) is 1. The smallest absolute Gasteiger partial charge is 0.138 e. The van der Waals surface area contributed by atoms with Gasteiger partial charge in [0.1, 0.15) is 22.5 Å². The molecule has 0 saturated heterocycles. The molecule has 1 aliphatic rings. The Morgan fingerprint density at radius 1 is 1.20 bits per heavy atom. The Morgan fingerprint density at radius 2 is 1.90 bits per heavy atom. The number of nitrogens with zero attached hydrogens (tertiary/aromatic N) is 2. The third-order valence-corrected chi connectivity index (χ3v) is 3.77. The average molecular weight is 290 g/mol. The summed E-state index contributed by atoms with van der Waals surface area (Å²) < 4.78 is 5.15. The predicted octanol–water partition coefficient (Wildman–Crippen LogP) is 4.07. The third kappa shape index (κ3) is 2.70. The second-order valence-corrected chi connectivity index (χ2v) is 5.33. The van der Waals surface area contributed by atoms with Crippen molar-refractivity contribution in [2.45, 2.75) is 25.7 Å². The van der Waals surface area contributed by atoms with Gasteiger partial charge in [-0.2, -0.15) is 0 Å². The zero-order valence-corrected chi connectivity index (χ0v) is 12.2. The van der Waals surface area contributed by atoms with E-state index in [-0.39, 0.29) is 0 Å². The van der Waals surface area contributed by atoms with E-state index in [0.717, 1.165) is 41.5 Å². The molecule has 104 valence electrons. The normalized spacial score (nSPS) is 14.2. The van der Waals surface area contributed by atoms with Crippen molar-refractivity contribution in [2.75, 3.05) is 12.4 Å². The van der Waals surface area contributed by atoms with Gasteiger partial charge < -0.3 is 10.1 Å². The molecule has 0 amide bonds. The van der Waals surface area contributed by atoms with Crippen molar-refractivity contribution in [3.05, 3.63) is 40.8 Å². The van der Waals surface area contributed by atoms with E-state index in [9.17, 15) is 0 Å². The topological polar surface area (TPSA) is 47.0 Å². The van der Waals surface area contributed by atoms with Crippen LogP contribution in [0.1, 0.15) is 30.1 Å². The van der Waals surface area contributed by atoms with Crippen LogP contribution in [-0.2, 0) is 0 Å². The number of anilines is 2. The van der Waals surface area contributed by atoms with Crippen LogP contribution < -0.4 is 10.1 Å². The molecule has 0 unspecified atom stereocenters. The summed E-state index contributed by atoms with van der Waals surface area (Å²) in [5, 5.41) is 3.82. The minimum atomic E-state index is 0.476. The first-order valence-electron chi connectivity index (χ1n) is 6.62. The fourth-order valence-electron chi connectivity index (χ4n) is 1.96. The summed E-state index contributed by atoms with van der Waals surface area (Å²) in [5.41, 5.74) is 1.82. The van der Waals surface area contributed by atoms with E-state index in [1.165, 1.54) is 0 Å². The number of nitrogens with one attached hydrogen (secondary N) is 1. The van der Waals surface area contributed by atoms with Gasteiger partial charge in [-0.1, -0.05) is 11.6 Å². The number of benzene rings is 1. The van der Waals surface area contributed by atoms with Gasteiger partial charge >= 0.3 is 0 Å². The molecule has 0 bridgehead atoms. The number of hydrogen-bond donors (Lipinski definition) is 1. The van der Waals surface area contributed by atoms with Crippen LogP contribution in [0.3, 0.4) is 0 Å². The zero-order valence-electron chi connectivity index (χ0n) is 11.5. The standard InChI is InChI=1S/C15H16ClN3O/c1-9-13(16)18-15(10-3-4-10)19-14(9)17-11-5-7-12(20-2)8-6-11/h5-8,10H,3-4H2,1-2H3,(H,17,18,19). The monoisotopic (exact) mass is 289 g/mol. The van der Waals surface area contributed by atoms with Crippen molar-refractivity contribution in [3.8, 4) is 5.75 Å². The fraction of sp³-hybridized carbons (Fsp3) is 0.333. The highest BCUT2D eigenvalue weighted by Gasteiger charge is 2.28. The van der Waals surface area contributed by atoms with Crippen molar-refractivity contribution in [2.24, 2.45) is 0 Å². The van der Waals surface area contributed by atoms with Gasteiger partial charge in [-0.25, -0.2) is 9.97 Å². The summed E-state index contributed by atoms with van der Waals surface area (Å²) in [7, 11) is 1.65. The quantitative estimate of drug-likeness (QED) is 0.862. The molecule has 0 spiro atoms. The first-order valence-corrected chi connectivity index (χ1v) is 7.00. The van der Waals surface area contributed by atoms with Gasteiger partial charge in [0.25, 0.3) is 0 Å². The molecule has 20 heavy (non-hydrogen) atoms. The molecule has 1 fully saturated rings. The summed E-state index contributed by atoms with van der Waals surface area (Å²) in [4.78, 5) is 8.95. The van der Waals surface area contributed by atoms with Gasteiger partial charge in [0, 0.05) is 17.2 Å². The van der Waals surface area contributed by atoms with Crippen LogP contribution >= 0.6 is 11.6 Å². The lowest BCUT2D eigenvalue weighted by Gasteiger charge is -2.11. The summed E-state index contributed by atoms with van der Waals surface area (Å²) in [6.45, 7) is 1.92. The molecule has 1 heterocycles. The van der Waals surface area contributed by atoms with Crippen molar-refractivity contribution in [1.29, 1.82) is 0 Å². The van der Waals surface area contributed by atoms with Crippen molar-refractivity contribution in [1.82, 2.24) is 9.97 Å². The van der Waals surface area contributed by atoms with Crippen molar-refractivity contribution < 1.29 is 4.74 Å². The maximum atomic E-state index is 6.19. The molecule has 3 rings (SSSR count). The lowest BCUT2D eigenvalue weighted by atomic mass is 10.2. The Morgan fingerprint density at radius 3 is 2.50 bits per heavy atom. The molecule has 0 radical (unpaired) electrons. The van der Waals surface area contributed by atoms with E-state index >= 15 is 0 Å². The van der Waals surface area contributed by atoms with Crippen LogP contribution in [0, 0.1) is 6.92 Å². The Hall–Kier alpha value is -1.81. The van der Waals surface area contributed by atoms with E-state index in [2.05, 4.69) is 15.3 Å². The molecule has 1 saturated carbocycles. The summed E-state index contributed by atoms with van der Waals surface area (Å²) in [6.07, 6.45) is 2.31. The molecule has 2 aromatic rings. The predicted molar refractivity (Wildman–Crippen MR) is 80.0 cm³/mol. The second kappa shape index (κ2) is 5.29. The highest BCUT2D eigenvalue weighted by Crippen LogP contribution is 2.39. The minimum Gasteiger partial charge on any atom is -0.497 e. The van der Waals surface area contributed by atoms with Crippen molar-refractivity contribution in [3.63, 3.8) is 0 Å². The third-order valence-electron chi connectivity index (χ3n) is 3.40. The maximum absolute atomic E-state index is 6.19. The lowest BCUT2D eigenvalue weighted by molar-refractivity contribution is 0.415. The number of hydrogen-bond acceptors (Lipinski definition) is 4. The average Bonchev–Trinajstić information content (AvgIpc) is 3.29. The number of rotatable bonds is 4. The first kappa shape index (κ1) is 13.2. The highest BCUT2D eigenvalue weighted by molar-refractivity contribution is 6.30. The summed E-state index contributed by atoms with van der Waals surface area (Å²) >= 11 is 6.19. The molecular formula is C15H16ClN3O. The van der Waals surface area contributed by atoms with Gasteiger partial charge in [0.05, 0.1) is 7.11 Å². The lowest BCUT2D eigenvalue weighted by Crippen LogP contribution is -2.03. The second-order valence-electron chi connectivity index (χ2n) is 4.97. The molecule has 1 aromatic carbocycles. The van der Waals surface area contributed by atoms with Gasteiger partial charge in [0.2, 0.25) is 0 Å². The Balaban J connectivity index is 1.88. The molecular weight excluding hydrogens is 274 g/mol.